The summed E-state index contributed by atoms with van der Waals surface area (Å²) >= 11 is 0. The zero-order chi connectivity index (χ0) is 17.3. The van der Waals surface area contributed by atoms with Crippen LogP contribution in [0.5, 0.6) is 0 Å². The molecule has 2 heterocycles. The summed E-state index contributed by atoms with van der Waals surface area (Å²) in [7, 11) is 0. The largest absolute Gasteiger partial charge is 0.358 e. The first kappa shape index (κ1) is 16.6. The number of aromatic amines is 1. The van der Waals surface area contributed by atoms with Crippen LogP contribution in [0.2, 0.25) is 0 Å². The summed E-state index contributed by atoms with van der Waals surface area (Å²) in [6.07, 6.45) is 2.03. The van der Waals surface area contributed by atoms with Crippen LogP contribution in [-0.4, -0.2) is 28.9 Å². The van der Waals surface area contributed by atoms with Gasteiger partial charge in [0.25, 0.3) is 0 Å². The van der Waals surface area contributed by atoms with E-state index >= 15 is 0 Å². The molecule has 3 rings (SSSR count). The molecule has 1 aromatic heterocycles. The molecule has 0 aliphatic carbocycles. The second-order valence-electron chi connectivity index (χ2n) is 7.06. The lowest BCUT2D eigenvalue weighted by atomic mass is 9.97. The number of aromatic nitrogens is 1. The van der Waals surface area contributed by atoms with Crippen molar-refractivity contribution in [3.05, 3.63) is 35.5 Å². The van der Waals surface area contributed by atoms with Crippen LogP contribution in [0.4, 0.5) is 0 Å². The van der Waals surface area contributed by atoms with Crippen LogP contribution in [-0.2, 0) is 16.0 Å². The van der Waals surface area contributed by atoms with Crippen LogP contribution in [0, 0.1) is 12.8 Å². The van der Waals surface area contributed by atoms with Crippen molar-refractivity contribution in [3.8, 4) is 0 Å². The number of H-pyrrole nitrogens is 1. The summed E-state index contributed by atoms with van der Waals surface area (Å²) in [4.78, 5) is 27.9. The first-order chi connectivity index (χ1) is 11.5. The number of benzene rings is 1. The highest BCUT2D eigenvalue weighted by Crippen LogP contribution is 2.24. The fourth-order valence-corrected chi connectivity index (χ4v) is 3.46. The van der Waals surface area contributed by atoms with Crippen molar-refractivity contribution in [2.24, 2.45) is 5.92 Å². The zero-order valence-corrected chi connectivity index (χ0v) is 14.5. The van der Waals surface area contributed by atoms with Crippen molar-refractivity contribution in [2.45, 2.75) is 52.1 Å². The average molecular weight is 327 g/mol. The molecule has 1 aromatic carbocycles. The minimum absolute atomic E-state index is 0.0658. The van der Waals surface area contributed by atoms with Gasteiger partial charge >= 0.3 is 0 Å². The highest BCUT2D eigenvalue weighted by Gasteiger charge is 2.33. The van der Waals surface area contributed by atoms with Gasteiger partial charge < -0.3 is 15.6 Å². The number of piperazine rings is 1. The van der Waals surface area contributed by atoms with Gasteiger partial charge in [0.2, 0.25) is 11.8 Å². The molecule has 1 aliphatic heterocycles. The van der Waals surface area contributed by atoms with Crippen LogP contribution < -0.4 is 10.6 Å². The van der Waals surface area contributed by atoms with E-state index in [9.17, 15) is 9.59 Å². The molecule has 1 aliphatic rings. The topological polar surface area (TPSA) is 74.0 Å². The molecule has 0 unspecified atom stereocenters. The molecular weight excluding hydrogens is 302 g/mol. The monoisotopic (exact) mass is 327 g/mol. The molecule has 2 amide bonds. The minimum atomic E-state index is -0.450. The molecule has 2 atom stereocenters. The van der Waals surface area contributed by atoms with Crippen molar-refractivity contribution < 1.29 is 9.59 Å². The summed E-state index contributed by atoms with van der Waals surface area (Å²) in [6, 6.07) is 7.32. The minimum Gasteiger partial charge on any atom is -0.358 e. The molecule has 5 nitrogen and oxygen atoms in total. The quantitative estimate of drug-likeness (QED) is 0.789. The second kappa shape index (κ2) is 6.67. The SMILES string of the molecule is Cc1[nH]c2ccccc2c1CC[C@H]1NC(=O)[C@@H](CC(C)C)NC1=O. The summed E-state index contributed by atoms with van der Waals surface area (Å²) < 4.78 is 0. The smallest absolute Gasteiger partial charge is 0.243 e. The second-order valence-corrected chi connectivity index (χ2v) is 7.06. The fraction of sp³-hybridized carbons (Fsp3) is 0.474. The van der Waals surface area contributed by atoms with Gasteiger partial charge in [0.15, 0.2) is 0 Å². The molecule has 1 fully saturated rings. The van der Waals surface area contributed by atoms with Gasteiger partial charge in [-0.1, -0.05) is 32.0 Å². The number of para-hydroxylation sites is 1. The zero-order valence-electron chi connectivity index (χ0n) is 14.5. The Labute approximate surface area is 142 Å². The molecule has 0 radical (unpaired) electrons. The Morgan fingerprint density at radius 2 is 1.71 bits per heavy atom. The Morgan fingerprint density at radius 3 is 2.46 bits per heavy atom. The molecule has 128 valence electrons. The van der Waals surface area contributed by atoms with Crippen LogP contribution in [0.15, 0.2) is 24.3 Å². The van der Waals surface area contributed by atoms with E-state index in [1.54, 1.807) is 0 Å². The van der Waals surface area contributed by atoms with Gasteiger partial charge in [-0.3, -0.25) is 9.59 Å². The number of amides is 2. The predicted molar refractivity (Wildman–Crippen MR) is 94.7 cm³/mol. The van der Waals surface area contributed by atoms with E-state index in [-0.39, 0.29) is 11.8 Å². The number of rotatable bonds is 5. The van der Waals surface area contributed by atoms with Crippen molar-refractivity contribution in [3.63, 3.8) is 0 Å². The molecule has 3 N–H and O–H groups in total. The number of carbonyl (C=O) groups is 2. The Hall–Kier alpha value is -2.30. The summed E-state index contributed by atoms with van der Waals surface area (Å²) in [5.74, 6) is 0.230. The number of aryl methyl sites for hydroxylation is 2. The van der Waals surface area contributed by atoms with Gasteiger partial charge in [0.1, 0.15) is 12.1 Å². The third-order valence-corrected chi connectivity index (χ3v) is 4.68. The lowest BCUT2D eigenvalue weighted by molar-refractivity contribution is -0.137. The van der Waals surface area contributed by atoms with Crippen LogP contribution in [0.3, 0.4) is 0 Å². The van der Waals surface area contributed by atoms with E-state index in [1.165, 1.54) is 10.9 Å². The molecule has 0 saturated carbocycles. The maximum Gasteiger partial charge on any atom is 0.243 e. The third kappa shape index (κ3) is 3.30. The molecule has 2 aromatic rings. The van der Waals surface area contributed by atoms with Gasteiger partial charge in [0, 0.05) is 16.6 Å². The van der Waals surface area contributed by atoms with E-state index in [4.69, 9.17) is 0 Å². The Bertz CT molecular complexity index is 763. The lowest BCUT2D eigenvalue weighted by Crippen LogP contribution is -2.61. The standard InChI is InChI=1S/C19H25N3O2/c1-11(2)10-17-19(24)21-16(18(23)22-17)9-8-13-12(3)20-15-7-5-4-6-14(13)15/h4-7,11,16-17,20H,8-10H2,1-3H3,(H,21,24)(H,22,23)/t16-,17-/m1/s1. The first-order valence-electron chi connectivity index (χ1n) is 8.62. The lowest BCUT2D eigenvalue weighted by Gasteiger charge is -2.30. The van der Waals surface area contributed by atoms with Crippen molar-refractivity contribution >= 4 is 22.7 Å². The number of hydrogen-bond donors (Lipinski definition) is 3. The van der Waals surface area contributed by atoms with Crippen LogP contribution >= 0.6 is 0 Å². The van der Waals surface area contributed by atoms with Gasteiger partial charge in [0.05, 0.1) is 0 Å². The van der Waals surface area contributed by atoms with Gasteiger partial charge in [-0.05, 0) is 43.7 Å². The number of hydrogen-bond acceptors (Lipinski definition) is 2. The highest BCUT2D eigenvalue weighted by atomic mass is 16.2. The molecule has 0 bridgehead atoms. The average Bonchev–Trinajstić information content (AvgIpc) is 2.84. The third-order valence-electron chi connectivity index (χ3n) is 4.68. The first-order valence-corrected chi connectivity index (χ1v) is 8.62. The summed E-state index contributed by atoms with van der Waals surface area (Å²) in [5.41, 5.74) is 3.45. The number of fused-ring (bicyclic) bond motifs is 1. The predicted octanol–water partition coefficient (Wildman–Crippen LogP) is 2.44. The maximum absolute atomic E-state index is 12.3. The van der Waals surface area contributed by atoms with Crippen LogP contribution in [0.1, 0.15) is 37.9 Å². The summed E-state index contributed by atoms with van der Waals surface area (Å²) in [5, 5.41) is 6.95. The Morgan fingerprint density at radius 1 is 1.04 bits per heavy atom. The van der Waals surface area contributed by atoms with E-state index in [2.05, 4.69) is 27.8 Å². The Kier molecular flexibility index (Phi) is 4.60. The van der Waals surface area contributed by atoms with E-state index in [0.29, 0.717) is 18.8 Å². The van der Waals surface area contributed by atoms with Crippen molar-refractivity contribution in [2.75, 3.05) is 0 Å². The van der Waals surface area contributed by atoms with E-state index in [0.717, 1.165) is 17.6 Å². The maximum atomic E-state index is 12.3. The highest BCUT2D eigenvalue weighted by molar-refractivity contribution is 5.97. The molecule has 24 heavy (non-hydrogen) atoms. The van der Waals surface area contributed by atoms with Crippen molar-refractivity contribution in [1.82, 2.24) is 15.6 Å². The summed E-state index contributed by atoms with van der Waals surface area (Å²) in [6.45, 7) is 6.14. The van der Waals surface area contributed by atoms with Crippen molar-refractivity contribution in [1.29, 1.82) is 0 Å². The Balaban J connectivity index is 1.67. The molecule has 1 saturated heterocycles. The molecule has 0 spiro atoms. The van der Waals surface area contributed by atoms with E-state index in [1.807, 2.05) is 32.9 Å². The van der Waals surface area contributed by atoms with Gasteiger partial charge in [-0.2, -0.15) is 0 Å². The normalized spacial score (nSPS) is 21.2. The fourth-order valence-electron chi connectivity index (χ4n) is 3.46. The number of nitrogens with one attached hydrogen (secondary N) is 3. The van der Waals surface area contributed by atoms with Gasteiger partial charge in [-0.25, -0.2) is 0 Å². The number of carbonyl (C=O) groups excluding carboxylic acids is 2. The van der Waals surface area contributed by atoms with Gasteiger partial charge in [-0.15, -0.1) is 0 Å². The molecular formula is C19H25N3O2. The van der Waals surface area contributed by atoms with E-state index < -0.39 is 12.1 Å². The van der Waals surface area contributed by atoms with Crippen LogP contribution in [0.25, 0.3) is 10.9 Å². The molecule has 5 heteroatoms.